The zero-order valence-corrected chi connectivity index (χ0v) is 16.6. The van der Waals surface area contributed by atoms with Gasteiger partial charge in [-0.05, 0) is 19.3 Å². The summed E-state index contributed by atoms with van der Waals surface area (Å²) in [4.78, 5) is 0. The average Bonchev–Trinajstić information content (AvgIpc) is 2.46. The molecule has 2 heteroatoms. The van der Waals surface area contributed by atoms with Gasteiger partial charge in [0.15, 0.2) is 0 Å². The van der Waals surface area contributed by atoms with Crippen LogP contribution in [0.5, 0.6) is 0 Å². The summed E-state index contributed by atoms with van der Waals surface area (Å²) >= 11 is 0. The predicted molar refractivity (Wildman–Crippen MR) is 102 cm³/mol. The predicted octanol–water partition coefficient (Wildman–Crippen LogP) is 5.66. The minimum absolute atomic E-state index is 0.238. The molecule has 0 saturated carbocycles. The molecule has 0 rings (SSSR count). The van der Waals surface area contributed by atoms with Gasteiger partial charge in [-0.2, -0.15) is 0 Å². The first kappa shape index (κ1) is 21.9. The smallest absolute Gasteiger partial charge is 0.0332 e. The third-order valence-corrected chi connectivity index (χ3v) is 4.89. The van der Waals surface area contributed by atoms with E-state index in [1.807, 2.05) is 0 Å². The molecule has 0 aromatic rings. The van der Waals surface area contributed by atoms with E-state index in [1.54, 1.807) is 0 Å². The molecule has 0 spiro atoms. The highest BCUT2D eigenvalue weighted by molar-refractivity contribution is 4.98. The third-order valence-electron chi connectivity index (χ3n) is 4.89. The first-order chi connectivity index (χ1) is 10.4. The van der Waals surface area contributed by atoms with Gasteiger partial charge in [-0.1, -0.05) is 87.0 Å². The highest BCUT2D eigenvalue weighted by Gasteiger charge is 2.35. The molecular formula is C20H44N2. The monoisotopic (exact) mass is 312 g/mol. The second kappa shape index (κ2) is 12.4. The van der Waals surface area contributed by atoms with Crippen LogP contribution in [0.1, 0.15) is 106 Å². The molecular weight excluding hydrogens is 268 g/mol. The highest BCUT2D eigenvalue weighted by atomic mass is 15.1. The van der Waals surface area contributed by atoms with Crippen LogP contribution in [0.15, 0.2) is 0 Å². The Hall–Kier alpha value is -0.0800. The fraction of sp³-hybridized carbons (Fsp3) is 1.00. The van der Waals surface area contributed by atoms with Gasteiger partial charge < -0.3 is 10.6 Å². The number of nitrogens with one attached hydrogen (secondary N) is 2. The van der Waals surface area contributed by atoms with Crippen molar-refractivity contribution in [1.29, 1.82) is 0 Å². The molecule has 0 aliphatic rings. The number of hydrogen-bond acceptors (Lipinski definition) is 2. The first-order valence-corrected chi connectivity index (χ1v) is 9.95. The Bertz CT molecular complexity index is 244. The summed E-state index contributed by atoms with van der Waals surface area (Å²) in [5, 5.41) is 7.76. The molecule has 0 fully saturated rings. The van der Waals surface area contributed by atoms with Gasteiger partial charge >= 0.3 is 0 Å². The van der Waals surface area contributed by atoms with Crippen LogP contribution in [0.25, 0.3) is 0 Å². The van der Waals surface area contributed by atoms with Crippen LogP contribution in [0, 0.1) is 0 Å². The Balaban J connectivity index is 4.62. The summed E-state index contributed by atoms with van der Waals surface area (Å²) in [6, 6.07) is 1.67. The molecule has 0 radical (unpaired) electrons. The largest absolute Gasteiger partial charge is 0.310 e. The Morgan fingerprint density at radius 3 is 1.73 bits per heavy atom. The van der Waals surface area contributed by atoms with Crippen molar-refractivity contribution in [3.05, 3.63) is 0 Å². The van der Waals surface area contributed by atoms with Crippen LogP contribution >= 0.6 is 0 Å². The van der Waals surface area contributed by atoms with Crippen molar-refractivity contribution in [2.24, 2.45) is 0 Å². The van der Waals surface area contributed by atoms with E-state index < -0.39 is 0 Å². The fourth-order valence-corrected chi connectivity index (χ4v) is 3.67. The maximum absolute atomic E-state index is 3.90. The zero-order chi connectivity index (χ0) is 17.0. The highest BCUT2D eigenvalue weighted by Crippen LogP contribution is 2.25. The van der Waals surface area contributed by atoms with Gasteiger partial charge in [-0.25, -0.2) is 0 Å². The maximum atomic E-state index is 3.90. The van der Waals surface area contributed by atoms with Crippen LogP contribution in [0.3, 0.4) is 0 Å². The first-order valence-electron chi connectivity index (χ1n) is 9.95. The van der Waals surface area contributed by atoms with E-state index in [2.05, 4.69) is 59.1 Å². The van der Waals surface area contributed by atoms with E-state index in [-0.39, 0.29) is 5.54 Å². The van der Waals surface area contributed by atoms with Gasteiger partial charge in [0, 0.05) is 23.7 Å². The van der Waals surface area contributed by atoms with Crippen molar-refractivity contribution in [2.45, 2.75) is 130 Å². The maximum Gasteiger partial charge on any atom is 0.0332 e. The van der Waals surface area contributed by atoms with E-state index in [9.17, 15) is 0 Å². The third kappa shape index (κ3) is 8.53. The summed E-state index contributed by atoms with van der Waals surface area (Å²) < 4.78 is 0. The lowest BCUT2D eigenvalue weighted by Gasteiger charge is -2.44. The quantitative estimate of drug-likeness (QED) is 0.404. The lowest BCUT2D eigenvalue weighted by atomic mass is 9.80. The zero-order valence-electron chi connectivity index (χ0n) is 16.6. The van der Waals surface area contributed by atoms with E-state index >= 15 is 0 Å². The van der Waals surface area contributed by atoms with Gasteiger partial charge in [0.2, 0.25) is 0 Å². The summed E-state index contributed by atoms with van der Waals surface area (Å²) in [7, 11) is 0. The van der Waals surface area contributed by atoms with Crippen LogP contribution < -0.4 is 10.6 Å². The van der Waals surface area contributed by atoms with Crippen LogP contribution in [-0.4, -0.2) is 23.7 Å². The van der Waals surface area contributed by atoms with Crippen molar-refractivity contribution >= 4 is 0 Å². The summed E-state index contributed by atoms with van der Waals surface area (Å²) in [6.45, 7) is 16.1. The molecule has 0 aromatic heterocycles. The van der Waals surface area contributed by atoms with E-state index in [0.717, 1.165) is 0 Å². The Morgan fingerprint density at radius 1 is 0.727 bits per heavy atom. The van der Waals surface area contributed by atoms with Crippen LogP contribution in [0.4, 0.5) is 0 Å². The van der Waals surface area contributed by atoms with Gasteiger partial charge in [-0.15, -0.1) is 0 Å². The Kier molecular flexibility index (Phi) is 12.3. The summed E-state index contributed by atoms with van der Waals surface area (Å²) in [5.41, 5.74) is 0.238. The molecule has 2 N–H and O–H groups in total. The topological polar surface area (TPSA) is 24.1 Å². The average molecular weight is 313 g/mol. The SMILES string of the molecule is CCCCCCCCC(NC(C)C)C(CC)(CC)NC(C)C. The van der Waals surface area contributed by atoms with Crippen molar-refractivity contribution in [3.63, 3.8) is 0 Å². The van der Waals surface area contributed by atoms with Crippen LogP contribution in [0.2, 0.25) is 0 Å². The molecule has 134 valence electrons. The summed E-state index contributed by atoms with van der Waals surface area (Å²) in [5.74, 6) is 0. The van der Waals surface area contributed by atoms with E-state index in [0.29, 0.717) is 18.1 Å². The second-order valence-electron chi connectivity index (χ2n) is 7.59. The number of hydrogen-bond donors (Lipinski definition) is 2. The van der Waals surface area contributed by atoms with E-state index in [1.165, 1.54) is 57.8 Å². The fourth-order valence-electron chi connectivity index (χ4n) is 3.67. The van der Waals surface area contributed by atoms with Crippen LogP contribution in [-0.2, 0) is 0 Å². The molecule has 22 heavy (non-hydrogen) atoms. The molecule has 1 atom stereocenters. The van der Waals surface area contributed by atoms with Gasteiger partial charge in [0.05, 0.1) is 0 Å². The van der Waals surface area contributed by atoms with E-state index in [4.69, 9.17) is 0 Å². The second-order valence-corrected chi connectivity index (χ2v) is 7.59. The van der Waals surface area contributed by atoms with Crippen molar-refractivity contribution < 1.29 is 0 Å². The minimum atomic E-state index is 0.238. The molecule has 0 aliphatic carbocycles. The molecule has 0 aliphatic heterocycles. The normalized spacial score (nSPS) is 14.0. The van der Waals surface area contributed by atoms with Gasteiger partial charge in [-0.3, -0.25) is 0 Å². The molecule has 0 bridgehead atoms. The van der Waals surface area contributed by atoms with Crippen molar-refractivity contribution in [2.75, 3.05) is 0 Å². The molecule has 2 nitrogen and oxygen atoms in total. The number of rotatable bonds is 14. The molecule has 1 unspecified atom stereocenters. The Morgan fingerprint density at radius 2 is 1.27 bits per heavy atom. The van der Waals surface area contributed by atoms with Gasteiger partial charge in [0.25, 0.3) is 0 Å². The van der Waals surface area contributed by atoms with Crippen molar-refractivity contribution in [3.8, 4) is 0 Å². The number of unbranched alkanes of at least 4 members (excludes halogenated alkanes) is 5. The molecule has 0 saturated heterocycles. The van der Waals surface area contributed by atoms with Gasteiger partial charge in [0.1, 0.15) is 0 Å². The standard InChI is InChI=1S/C20H44N2/c1-8-11-12-13-14-15-16-19(21-17(4)5)20(9-2,10-3)22-18(6)7/h17-19,21-22H,8-16H2,1-7H3. The minimum Gasteiger partial charge on any atom is -0.310 e. The summed E-state index contributed by atoms with van der Waals surface area (Å²) in [6.07, 6.45) is 12.0. The lowest BCUT2D eigenvalue weighted by Crippen LogP contribution is -2.62. The molecule has 0 amide bonds. The Labute approximate surface area is 141 Å². The van der Waals surface area contributed by atoms with Crippen molar-refractivity contribution in [1.82, 2.24) is 10.6 Å². The lowest BCUT2D eigenvalue weighted by molar-refractivity contribution is 0.179. The molecule has 0 heterocycles. The molecule has 0 aromatic carbocycles.